The van der Waals surface area contributed by atoms with Crippen molar-refractivity contribution in [1.82, 2.24) is 5.32 Å². The molecule has 2 aromatic carbocycles. The van der Waals surface area contributed by atoms with Gasteiger partial charge in [0, 0.05) is 18.5 Å². The van der Waals surface area contributed by atoms with Crippen LogP contribution in [0.4, 0.5) is 5.69 Å². The van der Waals surface area contributed by atoms with E-state index in [4.69, 9.17) is 13.9 Å². The summed E-state index contributed by atoms with van der Waals surface area (Å²) < 4.78 is 16.5. The normalized spacial score (nSPS) is 16.0. The van der Waals surface area contributed by atoms with E-state index in [9.17, 15) is 9.59 Å². The minimum atomic E-state index is -0.442. The van der Waals surface area contributed by atoms with Gasteiger partial charge in [-0.3, -0.25) is 9.59 Å². The van der Waals surface area contributed by atoms with Gasteiger partial charge in [-0.15, -0.1) is 0 Å². The molecule has 1 atom stereocenters. The highest BCUT2D eigenvalue weighted by atomic mass is 16.5. The number of anilines is 1. The number of hydrogen-bond acceptors (Lipinski definition) is 5. The first-order valence-corrected chi connectivity index (χ1v) is 9.52. The first-order chi connectivity index (χ1) is 14.2. The summed E-state index contributed by atoms with van der Waals surface area (Å²) in [6, 6.07) is 13.9. The van der Waals surface area contributed by atoms with Crippen molar-refractivity contribution in [3.8, 4) is 5.75 Å². The fourth-order valence-corrected chi connectivity index (χ4v) is 3.39. The number of amides is 2. The standard InChI is InChI=1S/C22H22N2O5/c1-27-18-10-4-6-14-12-19(29-20(14)18)22(26)24-17-9-3-2-8-16(17)21(25)23-13-15-7-5-11-28-15/h2-4,6,8-10,12,15H,5,7,11,13H2,1H3,(H,23,25)(H,24,26)/t15-/m1/s1. The van der Waals surface area contributed by atoms with Gasteiger partial charge in [-0.05, 0) is 37.1 Å². The van der Waals surface area contributed by atoms with Crippen molar-refractivity contribution in [2.24, 2.45) is 0 Å². The van der Waals surface area contributed by atoms with Crippen LogP contribution in [0.15, 0.2) is 52.9 Å². The number of carbonyl (C=O) groups is 2. The highest BCUT2D eigenvalue weighted by molar-refractivity contribution is 6.09. The molecule has 0 radical (unpaired) electrons. The Hall–Kier alpha value is -3.32. The van der Waals surface area contributed by atoms with Crippen molar-refractivity contribution < 1.29 is 23.5 Å². The maximum atomic E-state index is 12.7. The van der Waals surface area contributed by atoms with Gasteiger partial charge in [-0.1, -0.05) is 24.3 Å². The second-order valence-corrected chi connectivity index (χ2v) is 6.83. The molecule has 4 rings (SSSR count). The van der Waals surface area contributed by atoms with E-state index in [-0.39, 0.29) is 17.8 Å². The Morgan fingerprint density at radius 3 is 2.79 bits per heavy atom. The summed E-state index contributed by atoms with van der Waals surface area (Å²) in [5.41, 5.74) is 1.30. The average Bonchev–Trinajstić information content (AvgIpc) is 3.41. The van der Waals surface area contributed by atoms with Gasteiger partial charge < -0.3 is 24.5 Å². The van der Waals surface area contributed by atoms with Gasteiger partial charge in [-0.2, -0.15) is 0 Å². The number of nitrogens with one attached hydrogen (secondary N) is 2. The van der Waals surface area contributed by atoms with Crippen molar-refractivity contribution in [3.05, 3.63) is 59.9 Å². The molecule has 1 saturated heterocycles. The van der Waals surface area contributed by atoms with E-state index in [1.54, 1.807) is 43.5 Å². The molecule has 0 unspecified atom stereocenters. The van der Waals surface area contributed by atoms with Crippen molar-refractivity contribution >= 4 is 28.5 Å². The van der Waals surface area contributed by atoms with Gasteiger partial charge in [0.05, 0.1) is 24.5 Å². The molecule has 3 aromatic rings. The van der Waals surface area contributed by atoms with Crippen molar-refractivity contribution in [3.63, 3.8) is 0 Å². The number of methoxy groups -OCH3 is 1. The molecule has 0 bridgehead atoms. The molecule has 0 aliphatic carbocycles. The molecule has 0 saturated carbocycles. The second-order valence-electron chi connectivity index (χ2n) is 6.83. The van der Waals surface area contributed by atoms with Crippen LogP contribution in [0.25, 0.3) is 11.0 Å². The molecule has 7 heteroatoms. The Balaban J connectivity index is 1.50. The Morgan fingerprint density at radius 2 is 2.00 bits per heavy atom. The van der Waals surface area contributed by atoms with Crippen LogP contribution in [-0.2, 0) is 4.74 Å². The summed E-state index contributed by atoms with van der Waals surface area (Å²) in [6.07, 6.45) is 2.00. The lowest BCUT2D eigenvalue weighted by molar-refractivity contribution is 0.0858. The number of benzene rings is 2. The molecular formula is C22H22N2O5. The molecule has 2 N–H and O–H groups in total. The molecule has 1 aliphatic rings. The number of ether oxygens (including phenoxy) is 2. The number of fused-ring (bicyclic) bond motifs is 1. The van der Waals surface area contributed by atoms with E-state index < -0.39 is 5.91 Å². The Morgan fingerprint density at radius 1 is 1.14 bits per heavy atom. The Bertz CT molecular complexity index is 1040. The van der Waals surface area contributed by atoms with Crippen LogP contribution in [-0.4, -0.2) is 38.2 Å². The van der Waals surface area contributed by atoms with Crippen molar-refractivity contribution in [2.45, 2.75) is 18.9 Å². The number of rotatable bonds is 6. The Kier molecular flexibility index (Phi) is 5.48. The lowest BCUT2D eigenvalue weighted by Gasteiger charge is -2.13. The number of para-hydroxylation sites is 2. The van der Waals surface area contributed by atoms with Crippen molar-refractivity contribution in [1.29, 1.82) is 0 Å². The van der Waals surface area contributed by atoms with Gasteiger partial charge in [0.15, 0.2) is 17.1 Å². The van der Waals surface area contributed by atoms with Crippen LogP contribution in [0.5, 0.6) is 5.75 Å². The smallest absolute Gasteiger partial charge is 0.291 e. The predicted octanol–water partition coefficient (Wildman–Crippen LogP) is 3.60. The number of furan rings is 1. The molecule has 150 valence electrons. The van der Waals surface area contributed by atoms with Crippen molar-refractivity contribution in [2.75, 3.05) is 25.6 Å². The van der Waals surface area contributed by atoms with Gasteiger partial charge in [0.2, 0.25) is 0 Å². The highest BCUT2D eigenvalue weighted by Gasteiger charge is 2.20. The molecule has 1 fully saturated rings. The fraction of sp³-hybridized carbons (Fsp3) is 0.273. The zero-order valence-corrected chi connectivity index (χ0v) is 16.1. The molecule has 2 heterocycles. The summed E-state index contributed by atoms with van der Waals surface area (Å²) in [5, 5.41) is 6.41. The molecule has 29 heavy (non-hydrogen) atoms. The maximum Gasteiger partial charge on any atom is 0.291 e. The third-order valence-corrected chi connectivity index (χ3v) is 4.89. The molecule has 2 amide bonds. The SMILES string of the molecule is COc1cccc2cc(C(=O)Nc3ccccc3C(=O)NC[C@H]3CCCO3)oc12. The van der Waals surface area contributed by atoms with E-state index in [1.807, 2.05) is 12.1 Å². The maximum absolute atomic E-state index is 12.7. The first kappa shape index (κ1) is 19.0. The Labute approximate surface area is 168 Å². The summed E-state index contributed by atoms with van der Waals surface area (Å²) in [6.45, 7) is 1.18. The molecule has 7 nitrogen and oxygen atoms in total. The second kappa shape index (κ2) is 8.36. The largest absolute Gasteiger partial charge is 0.493 e. The van der Waals surface area contributed by atoms with Crippen LogP contribution < -0.4 is 15.4 Å². The zero-order chi connectivity index (χ0) is 20.2. The van der Waals surface area contributed by atoms with Crippen LogP contribution in [0.1, 0.15) is 33.8 Å². The quantitative estimate of drug-likeness (QED) is 0.667. The first-order valence-electron chi connectivity index (χ1n) is 9.52. The summed E-state index contributed by atoms with van der Waals surface area (Å²) in [4.78, 5) is 25.3. The van der Waals surface area contributed by atoms with E-state index in [1.165, 1.54) is 0 Å². The minimum absolute atomic E-state index is 0.0474. The van der Waals surface area contributed by atoms with E-state index in [0.717, 1.165) is 24.8 Å². The van der Waals surface area contributed by atoms with E-state index in [2.05, 4.69) is 10.6 Å². The summed E-state index contributed by atoms with van der Waals surface area (Å²) >= 11 is 0. The minimum Gasteiger partial charge on any atom is -0.493 e. The number of carbonyl (C=O) groups excluding carboxylic acids is 2. The van der Waals surface area contributed by atoms with E-state index >= 15 is 0 Å². The van der Waals surface area contributed by atoms with Crippen LogP contribution in [0.2, 0.25) is 0 Å². The molecular weight excluding hydrogens is 372 g/mol. The fourth-order valence-electron chi connectivity index (χ4n) is 3.39. The van der Waals surface area contributed by atoms with E-state index in [0.29, 0.717) is 29.1 Å². The predicted molar refractivity (Wildman–Crippen MR) is 108 cm³/mol. The summed E-state index contributed by atoms with van der Waals surface area (Å²) in [5.74, 6) is -0.0140. The third-order valence-electron chi connectivity index (χ3n) is 4.89. The number of hydrogen-bond donors (Lipinski definition) is 2. The van der Waals surface area contributed by atoms with Gasteiger partial charge in [-0.25, -0.2) is 0 Å². The lowest BCUT2D eigenvalue weighted by atomic mass is 10.1. The summed E-state index contributed by atoms with van der Waals surface area (Å²) in [7, 11) is 1.54. The van der Waals surface area contributed by atoms with Crippen LogP contribution in [0, 0.1) is 0 Å². The topological polar surface area (TPSA) is 89.8 Å². The third kappa shape index (κ3) is 4.09. The average molecular weight is 394 g/mol. The van der Waals surface area contributed by atoms with Crippen LogP contribution >= 0.6 is 0 Å². The molecule has 0 spiro atoms. The monoisotopic (exact) mass is 394 g/mol. The van der Waals surface area contributed by atoms with Crippen LogP contribution in [0.3, 0.4) is 0 Å². The zero-order valence-electron chi connectivity index (χ0n) is 16.1. The molecule has 1 aromatic heterocycles. The van der Waals surface area contributed by atoms with Gasteiger partial charge >= 0.3 is 0 Å². The lowest BCUT2D eigenvalue weighted by Crippen LogP contribution is -2.32. The van der Waals surface area contributed by atoms with Gasteiger partial charge in [0.1, 0.15) is 0 Å². The highest BCUT2D eigenvalue weighted by Crippen LogP contribution is 2.29. The van der Waals surface area contributed by atoms with Gasteiger partial charge in [0.25, 0.3) is 11.8 Å². The molecule has 1 aliphatic heterocycles.